The predicted molar refractivity (Wildman–Crippen MR) is 99.8 cm³/mol. The van der Waals surface area contributed by atoms with Crippen molar-refractivity contribution in [2.45, 2.75) is 26.4 Å². The number of phenols is 1. The van der Waals surface area contributed by atoms with Crippen molar-refractivity contribution in [2.24, 2.45) is 0 Å². The number of aromatic hydroxyl groups is 1. The number of piperazine rings is 1. The highest BCUT2D eigenvalue weighted by atomic mass is 16.6. The number of amides is 2. The molecule has 1 aromatic carbocycles. The van der Waals surface area contributed by atoms with Crippen LogP contribution >= 0.6 is 0 Å². The molecule has 1 aliphatic rings. The van der Waals surface area contributed by atoms with Crippen LogP contribution in [0.5, 0.6) is 5.75 Å². The van der Waals surface area contributed by atoms with Gasteiger partial charge in [0.1, 0.15) is 23.0 Å². The molecule has 0 saturated carbocycles. The van der Waals surface area contributed by atoms with Gasteiger partial charge in [-0.3, -0.25) is 4.79 Å². The molecule has 2 amide bonds. The highest BCUT2D eigenvalue weighted by Crippen LogP contribution is 2.17. The summed E-state index contributed by atoms with van der Waals surface area (Å²) in [5, 5.41) is 21.3. The number of carbonyl (C=O) groups is 2. The van der Waals surface area contributed by atoms with Crippen LogP contribution in [0.1, 0.15) is 20.8 Å². The van der Waals surface area contributed by atoms with E-state index in [-0.39, 0.29) is 17.4 Å². The van der Waals surface area contributed by atoms with E-state index in [1.165, 1.54) is 18.3 Å². The summed E-state index contributed by atoms with van der Waals surface area (Å²) in [7, 11) is 0. The second-order valence-corrected chi connectivity index (χ2v) is 7.16. The molecule has 8 nitrogen and oxygen atoms in total. The van der Waals surface area contributed by atoms with Gasteiger partial charge in [0.2, 0.25) is 0 Å². The van der Waals surface area contributed by atoms with Crippen molar-refractivity contribution >= 4 is 17.7 Å². The second-order valence-electron chi connectivity index (χ2n) is 7.16. The Hall–Kier alpha value is -3.21. The maximum atomic E-state index is 12.3. The normalized spacial score (nSPS) is 15.1. The molecule has 2 rings (SSSR count). The number of phenolic OH excluding ortho intramolecular Hbond substituents is 1. The Kier molecular flexibility index (Phi) is 6.29. The lowest BCUT2D eigenvalue weighted by Crippen LogP contribution is -2.48. The Morgan fingerprint density at radius 3 is 2.48 bits per heavy atom. The van der Waals surface area contributed by atoms with E-state index in [1.807, 2.05) is 31.7 Å². The highest BCUT2D eigenvalue weighted by Gasteiger charge is 2.25. The van der Waals surface area contributed by atoms with Crippen LogP contribution in [0.15, 0.2) is 36.0 Å². The zero-order valence-electron chi connectivity index (χ0n) is 15.7. The van der Waals surface area contributed by atoms with E-state index in [9.17, 15) is 20.0 Å². The molecule has 0 atom stereocenters. The first kappa shape index (κ1) is 20.1. The third-order valence-electron chi connectivity index (χ3n) is 3.75. The number of nitrogens with one attached hydrogen (secondary N) is 1. The first-order valence-electron chi connectivity index (χ1n) is 8.62. The quantitative estimate of drug-likeness (QED) is 0.623. The van der Waals surface area contributed by atoms with Crippen LogP contribution in [0.2, 0.25) is 0 Å². The number of rotatable bonds is 3. The Balaban J connectivity index is 1.94. The molecule has 1 saturated heterocycles. The monoisotopic (exact) mass is 372 g/mol. The van der Waals surface area contributed by atoms with Crippen LogP contribution < -0.4 is 5.32 Å². The predicted octanol–water partition coefficient (Wildman–Crippen LogP) is 2.29. The topological polar surface area (TPSA) is 106 Å². The fraction of sp³-hybridized carbons (Fsp3) is 0.421. The fourth-order valence-corrected chi connectivity index (χ4v) is 2.46. The van der Waals surface area contributed by atoms with E-state index in [2.05, 4.69) is 5.32 Å². The van der Waals surface area contributed by atoms with E-state index < -0.39 is 11.5 Å². The number of hydrogen-bond donors (Lipinski definition) is 2. The third kappa shape index (κ3) is 6.22. The minimum atomic E-state index is -0.558. The average Bonchev–Trinajstić information content (AvgIpc) is 2.58. The van der Waals surface area contributed by atoms with Gasteiger partial charge in [-0.15, -0.1) is 0 Å². The molecule has 2 N–H and O–H groups in total. The minimum Gasteiger partial charge on any atom is -0.508 e. The SMILES string of the molecule is CC(C)(C)OC(=O)N1CCN(/C=C(/C#N)C(=O)Nc2cccc(O)c2)CC1. The Morgan fingerprint density at radius 2 is 1.93 bits per heavy atom. The molecule has 0 unspecified atom stereocenters. The Morgan fingerprint density at radius 1 is 1.26 bits per heavy atom. The van der Waals surface area contributed by atoms with Crippen LogP contribution in [0.4, 0.5) is 10.5 Å². The summed E-state index contributed by atoms with van der Waals surface area (Å²) in [6.07, 6.45) is 1.12. The van der Waals surface area contributed by atoms with Gasteiger partial charge in [-0.1, -0.05) is 6.07 Å². The van der Waals surface area contributed by atoms with Crippen molar-refractivity contribution in [1.82, 2.24) is 9.80 Å². The Bertz CT molecular complexity index is 769. The largest absolute Gasteiger partial charge is 0.508 e. The van der Waals surface area contributed by atoms with Gasteiger partial charge in [0.15, 0.2) is 0 Å². The van der Waals surface area contributed by atoms with Crippen molar-refractivity contribution in [2.75, 3.05) is 31.5 Å². The molecule has 1 heterocycles. The van der Waals surface area contributed by atoms with E-state index in [1.54, 1.807) is 17.0 Å². The number of ether oxygens (including phenoxy) is 1. The highest BCUT2D eigenvalue weighted by molar-refractivity contribution is 6.06. The standard InChI is InChI=1S/C19H24N4O4/c1-19(2,3)27-18(26)23-9-7-22(8-10-23)13-14(12-20)17(25)21-15-5-4-6-16(24)11-15/h4-6,11,13,24H,7-10H2,1-3H3,(H,21,25)/b14-13-. The minimum absolute atomic E-state index is 0.0218. The van der Waals surface area contributed by atoms with Gasteiger partial charge in [0.25, 0.3) is 5.91 Å². The lowest BCUT2D eigenvalue weighted by atomic mass is 10.2. The molecule has 1 aromatic rings. The van der Waals surface area contributed by atoms with Crippen LogP contribution in [-0.2, 0) is 9.53 Å². The first-order valence-corrected chi connectivity index (χ1v) is 8.62. The molecule has 0 bridgehead atoms. The van der Waals surface area contributed by atoms with Crippen LogP contribution in [0.25, 0.3) is 0 Å². The van der Waals surface area contributed by atoms with Crippen molar-refractivity contribution in [3.05, 3.63) is 36.0 Å². The summed E-state index contributed by atoms with van der Waals surface area (Å²) >= 11 is 0. The van der Waals surface area contributed by atoms with Crippen LogP contribution in [-0.4, -0.2) is 58.7 Å². The smallest absolute Gasteiger partial charge is 0.410 e. The molecular formula is C19H24N4O4. The van der Waals surface area contributed by atoms with Gasteiger partial charge in [0, 0.05) is 44.1 Å². The summed E-state index contributed by atoms with van der Waals surface area (Å²) in [5.74, 6) is -0.536. The van der Waals surface area contributed by atoms with E-state index >= 15 is 0 Å². The Labute approximate surface area is 158 Å². The van der Waals surface area contributed by atoms with Crippen LogP contribution in [0.3, 0.4) is 0 Å². The van der Waals surface area contributed by atoms with Crippen LogP contribution in [0, 0.1) is 11.3 Å². The maximum absolute atomic E-state index is 12.3. The number of nitrogens with zero attached hydrogens (tertiary/aromatic N) is 3. The third-order valence-corrected chi connectivity index (χ3v) is 3.75. The van der Waals surface area contributed by atoms with Gasteiger partial charge >= 0.3 is 6.09 Å². The average molecular weight is 372 g/mol. The molecule has 0 spiro atoms. The first-order chi connectivity index (χ1) is 12.7. The zero-order chi connectivity index (χ0) is 20.0. The molecule has 1 aliphatic heterocycles. The van der Waals surface area contributed by atoms with E-state index in [0.717, 1.165) is 0 Å². The van der Waals surface area contributed by atoms with Crippen molar-refractivity contribution < 1.29 is 19.4 Å². The number of benzene rings is 1. The molecule has 144 valence electrons. The van der Waals surface area contributed by atoms with Crippen molar-refractivity contribution in [3.63, 3.8) is 0 Å². The molecule has 8 heteroatoms. The second kappa shape index (κ2) is 8.45. The number of anilines is 1. The van der Waals surface area contributed by atoms with Crippen molar-refractivity contribution in [1.29, 1.82) is 5.26 Å². The van der Waals surface area contributed by atoms with Gasteiger partial charge in [-0.05, 0) is 32.9 Å². The molecule has 0 radical (unpaired) electrons. The molecular weight excluding hydrogens is 348 g/mol. The summed E-state index contributed by atoms with van der Waals surface area (Å²) < 4.78 is 5.35. The van der Waals surface area contributed by atoms with Gasteiger partial charge < -0.3 is 25.0 Å². The zero-order valence-corrected chi connectivity index (χ0v) is 15.7. The lowest BCUT2D eigenvalue weighted by Gasteiger charge is -2.35. The summed E-state index contributed by atoms with van der Waals surface area (Å²) in [6, 6.07) is 7.98. The van der Waals surface area contributed by atoms with Gasteiger partial charge in [-0.2, -0.15) is 5.26 Å². The van der Waals surface area contributed by atoms with E-state index in [0.29, 0.717) is 31.9 Å². The molecule has 0 aliphatic carbocycles. The molecule has 1 fully saturated rings. The molecule has 27 heavy (non-hydrogen) atoms. The molecule has 0 aromatic heterocycles. The number of hydrogen-bond acceptors (Lipinski definition) is 6. The van der Waals surface area contributed by atoms with Crippen molar-refractivity contribution in [3.8, 4) is 11.8 Å². The fourth-order valence-electron chi connectivity index (χ4n) is 2.46. The number of carbonyl (C=O) groups excluding carboxylic acids is 2. The summed E-state index contributed by atoms with van der Waals surface area (Å²) in [4.78, 5) is 27.8. The lowest BCUT2D eigenvalue weighted by molar-refractivity contribution is -0.112. The van der Waals surface area contributed by atoms with E-state index in [4.69, 9.17) is 4.74 Å². The maximum Gasteiger partial charge on any atom is 0.410 e. The van der Waals surface area contributed by atoms with Gasteiger partial charge in [-0.25, -0.2) is 4.79 Å². The van der Waals surface area contributed by atoms with Gasteiger partial charge in [0.05, 0.1) is 0 Å². The number of nitriles is 1. The summed E-state index contributed by atoms with van der Waals surface area (Å²) in [6.45, 7) is 7.31. The summed E-state index contributed by atoms with van der Waals surface area (Å²) in [5.41, 5.74) is -0.202.